The first kappa shape index (κ1) is 17.8. The fourth-order valence-corrected chi connectivity index (χ4v) is 3.42. The van der Waals surface area contributed by atoms with Gasteiger partial charge in [0.1, 0.15) is 0 Å². The molecule has 144 valence electrons. The number of morpholine rings is 1. The number of fused-ring (bicyclic) bond motifs is 1. The lowest BCUT2D eigenvalue weighted by molar-refractivity contribution is 0.122. The molecule has 1 aromatic carbocycles. The Morgan fingerprint density at radius 2 is 2.19 bits per heavy atom. The molecule has 1 N–H and O–H groups in total. The summed E-state index contributed by atoms with van der Waals surface area (Å²) in [6.07, 6.45) is 2.09. The third-order valence-electron chi connectivity index (χ3n) is 4.84. The van der Waals surface area contributed by atoms with Gasteiger partial charge < -0.3 is 24.4 Å². The molecule has 0 spiro atoms. The molecule has 27 heavy (non-hydrogen) atoms. The van der Waals surface area contributed by atoms with E-state index >= 15 is 0 Å². The molecule has 8 heteroatoms. The first-order valence-electron chi connectivity index (χ1n) is 9.12. The summed E-state index contributed by atoms with van der Waals surface area (Å²) in [5.74, 6) is 2.19. The molecule has 1 atom stereocenters. The summed E-state index contributed by atoms with van der Waals surface area (Å²) in [6, 6.07) is 5.92. The molecule has 0 saturated carbocycles. The van der Waals surface area contributed by atoms with E-state index in [-0.39, 0.29) is 5.92 Å². The van der Waals surface area contributed by atoms with E-state index in [1.165, 1.54) is 6.20 Å². The van der Waals surface area contributed by atoms with Crippen LogP contribution in [0.25, 0.3) is 0 Å². The van der Waals surface area contributed by atoms with Gasteiger partial charge in [0.25, 0.3) is 0 Å². The summed E-state index contributed by atoms with van der Waals surface area (Å²) < 4.78 is 30.7. The third kappa shape index (κ3) is 3.90. The second-order valence-electron chi connectivity index (χ2n) is 6.68. The summed E-state index contributed by atoms with van der Waals surface area (Å²) in [7, 11) is 1.64. The molecule has 1 fully saturated rings. The molecule has 0 radical (unpaired) electrons. The molecule has 1 saturated heterocycles. The van der Waals surface area contributed by atoms with Crippen LogP contribution in [0.3, 0.4) is 0 Å². The monoisotopic (exact) mass is 374 g/mol. The third-order valence-corrected chi connectivity index (χ3v) is 4.84. The maximum absolute atomic E-state index is 14.1. The van der Waals surface area contributed by atoms with Gasteiger partial charge in [0.15, 0.2) is 23.1 Å². The van der Waals surface area contributed by atoms with Gasteiger partial charge in [0.2, 0.25) is 5.95 Å². The van der Waals surface area contributed by atoms with Gasteiger partial charge in [0.05, 0.1) is 33.1 Å². The summed E-state index contributed by atoms with van der Waals surface area (Å²) in [4.78, 5) is 10.3. The van der Waals surface area contributed by atoms with Crippen LogP contribution in [0.2, 0.25) is 0 Å². The Bertz CT molecular complexity index is 799. The van der Waals surface area contributed by atoms with Gasteiger partial charge in [-0.1, -0.05) is 12.1 Å². The van der Waals surface area contributed by atoms with Crippen LogP contribution in [0.5, 0.6) is 11.5 Å². The Morgan fingerprint density at radius 1 is 1.33 bits per heavy atom. The minimum absolute atomic E-state index is 0.269. The molecule has 2 aliphatic rings. The maximum Gasteiger partial charge on any atom is 0.224 e. The molecule has 1 aromatic heterocycles. The number of rotatable bonds is 5. The molecular formula is C19H23FN4O3. The molecule has 0 amide bonds. The van der Waals surface area contributed by atoms with Crippen molar-refractivity contribution < 1.29 is 18.6 Å². The van der Waals surface area contributed by atoms with Gasteiger partial charge in [-0.25, -0.2) is 9.37 Å². The van der Waals surface area contributed by atoms with Crippen molar-refractivity contribution in [3.63, 3.8) is 0 Å². The van der Waals surface area contributed by atoms with Crippen LogP contribution in [0, 0.1) is 11.7 Å². The highest BCUT2D eigenvalue weighted by Crippen LogP contribution is 2.36. The van der Waals surface area contributed by atoms with Crippen molar-refractivity contribution in [1.82, 2.24) is 9.97 Å². The van der Waals surface area contributed by atoms with E-state index in [0.717, 1.165) is 23.5 Å². The predicted molar refractivity (Wildman–Crippen MR) is 99.2 cm³/mol. The number of hydrogen-bond acceptors (Lipinski definition) is 7. The van der Waals surface area contributed by atoms with Crippen LogP contribution in [0.4, 0.5) is 16.2 Å². The van der Waals surface area contributed by atoms with Crippen LogP contribution in [-0.2, 0) is 11.2 Å². The lowest BCUT2D eigenvalue weighted by Gasteiger charge is -2.28. The van der Waals surface area contributed by atoms with E-state index in [2.05, 4.69) is 21.4 Å². The van der Waals surface area contributed by atoms with E-state index in [4.69, 9.17) is 14.2 Å². The standard InChI is InChI=1S/C19H23FN4O3/c1-25-16-4-2-3-14-9-13(12-27-17(14)16)10-21-19-22-11-15(20)18(23-19)24-5-7-26-8-6-24/h2-4,11,13H,5-10,12H2,1H3,(H,21,22,23)/t13-/m0/s1. The number of aromatic nitrogens is 2. The molecule has 2 aromatic rings. The van der Waals surface area contributed by atoms with Gasteiger partial charge in [-0.15, -0.1) is 0 Å². The van der Waals surface area contributed by atoms with Crippen LogP contribution < -0.4 is 19.7 Å². The van der Waals surface area contributed by atoms with Gasteiger partial charge in [-0.2, -0.15) is 4.98 Å². The number of ether oxygens (including phenoxy) is 3. The average Bonchev–Trinajstić information content (AvgIpc) is 2.73. The Hall–Kier alpha value is -2.61. The number of para-hydroxylation sites is 1. The van der Waals surface area contributed by atoms with Crippen molar-refractivity contribution >= 4 is 11.8 Å². The summed E-state index contributed by atoms with van der Waals surface area (Å²) in [5.41, 5.74) is 1.13. The molecule has 0 aliphatic carbocycles. The largest absolute Gasteiger partial charge is 0.493 e. The summed E-state index contributed by atoms with van der Waals surface area (Å²) >= 11 is 0. The van der Waals surface area contributed by atoms with Gasteiger partial charge in [-0.3, -0.25) is 0 Å². The molecule has 0 bridgehead atoms. The van der Waals surface area contributed by atoms with Crippen molar-refractivity contribution in [3.05, 3.63) is 35.8 Å². The van der Waals surface area contributed by atoms with E-state index in [1.807, 2.05) is 17.0 Å². The Balaban J connectivity index is 1.40. The van der Waals surface area contributed by atoms with E-state index in [1.54, 1.807) is 7.11 Å². The predicted octanol–water partition coefficient (Wildman–Crippen LogP) is 2.12. The number of nitrogens with one attached hydrogen (secondary N) is 1. The van der Waals surface area contributed by atoms with Gasteiger partial charge in [0, 0.05) is 25.6 Å². The summed E-state index contributed by atoms with van der Waals surface area (Å²) in [5, 5.41) is 3.22. The summed E-state index contributed by atoms with van der Waals surface area (Å²) in [6.45, 7) is 3.64. The minimum atomic E-state index is -0.413. The van der Waals surface area contributed by atoms with E-state index in [0.29, 0.717) is 51.2 Å². The number of hydrogen-bond donors (Lipinski definition) is 1. The first-order valence-corrected chi connectivity index (χ1v) is 9.12. The molecular weight excluding hydrogens is 351 g/mol. The second-order valence-corrected chi connectivity index (χ2v) is 6.68. The first-order chi connectivity index (χ1) is 13.2. The smallest absolute Gasteiger partial charge is 0.224 e. The van der Waals surface area contributed by atoms with Crippen LogP contribution in [0.15, 0.2) is 24.4 Å². The van der Waals surface area contributed by atoms with Crippen LogP contribution in [-0.4, -0.2) is 56.5 Å². The number of anilines is 2. The number of methoxy groups -OCH3 is 1. The van der Waals surface area contributed by atoms with E-state index < -0.39 is 5.82 Å². The normalized spacial score (nSPS) is 19.2. The Morgan fingerprint density at radius 3 is 3.00 bits per heavy atom. The number of benzene rings is 1. The van der Waals surface area contributed by atoms with Crippen molar-refractivity contribution in [2.24, 2.45) is 5.92 Å². The Labute approximate surface area is 157 Å². The van der Waals surface area contributed by atoms with Gasteiger partial charge >= 0.3 is 0 Å². The molecule has 2 aliphatic heterocycles. The van der Waals surface area contributed by atoms with Crippen molar-refractivity contribution in [1.29, 1.82) is 0 Å². The molecule has 7 nitrogen and oxygen atoms in total. The molecule has 0 unspecified atom stereocenters. The second kappa shape index (κ2) is 7.96. The molecule has 3 heterocycles. The van der Waals surface area contributed by atoms with Gasteiger partial charge in [-0.05, 0) is 18.1 Å². The lowest BCUT2D eigenvalue weighted by atomic mass is 9.96. The SMILES string of the molecule is COc1cccc2c1OC[C@H](CNc1ncc(F)c(N3CCOCC3)n1)C2. The maximum atomic E-state index is 14.1. The fraction of sp³-hybridized carbons (Fsp3) is 0.474. The van der Waals surface area contributed by atoms with Crippen molar-refractivity contribution in [3.8, 4) is 11.5 Å². The number of nitrogens with zero attached hydrogens (tertiary/aromatic N) is 3. The average molecular weight is 374 g/mol. The van der Waals surface area contributed by atoms with Crippen LogP contribution >= 0.6 is 0 Å². The highest BCUT2D eigenvalue weighted by molar-refractivity contribution is 5.48. The number of halogens is 1. The van der Waals surface area contributed by atoms with Crippen molar-refractivity contribution in [2.75, 3.05) is 56.8 Å². The lowest BCUT2D eigenvalue weighted by Crippen LogP contribution is -2.37. The zero-order valence-electron chi connectivity index (χ0n) is 15.3. The quantitative estimate of drug-likeness (QED) is 0.860. The molecule has 4 rings (SSSR count). The zero-order valence-corrected chi connectivity index (χ0v) is 15.3. The highest BCUT2D eigenvalue weighted by atomic mass is 19.1. The topological polar surface area (TPSA) is 68.7 Å². The minimum Gasteiger partial charge on any atom is -0.493 e. The van der Waals surface area contributed by atoms with Crippen molar-refractivity contribution in [2.45, 2.75) is 6.42 Å². The van der Waals surface area contributed by atoms with E-state index in [9.17, 15) is 4.39 Å². The van der Waals surface area contributed by atoms with Crippen LogP contribution in [0.1, 0.15) is 5.56 Å². The highest BCUT2D eigenvalue weighted by Gasteiger charge is 2.23. The zero-order chi connectivity index (χ0) is 18.6. The fourth-order valence-electron chi connectivity index (χ4n) is 3.42. The Kier molecular flexibility index (Phi) is 5.24.